The predicted molar refractivity (Wildman–Crippen MR) is 122 cm³/mol. The van der Waals surface area contributed by atoms with E-state index in [2.05, 4.69) is 10.0 Å². The standard InChI is InChI=1S/C23H32N2O5S/c1-16-8-9-17(2)20(14-16)30-13-7-12-23(3,4)22(26)25-18-10-11-19(29-6)21(15-18)31(27,28)24-5/h8-11,14-15,24H,7,12-13H2,1-6H3,(H,25,26). The highest BCUT2D eigenvalue weighted by Crippen LogP contribution is 2.29. The smallest absolute Gasteiger partial charge is 0.244 e. The normalized spacial score (nSPS) is 11.8. The van der Waals surface area contributed by atoms with Crippen molar-refractivity contribution in [2.24, 2.45) is 5.41 Å². The zero-order chi connectivity index (χ0) is 23.2. The number of methoxy groups -OCH3 is 1. The third kappa shape index (κ3) is 6.45. The minimum absolute atomic E-state index is 0.0324. The molecule has 0 spiro atoms. The molecule has 2 aromatic carbocycles. The van der Waals surface area contributed by atoms with Crippen molar-refractivity contribution >= 4 is 21.6 Å². The Morgan fingerprint density at radius 2 is 1.77 bits per heavy atom. The lowest BCUT2D eigenvalue weighted by atomic mass is 9.87. The van der Waals surface area contributed by atoms with E-state index >= 15 is 0 Å². The van der Waals surface area contributed by atoms with Crippen LogP contribution in [0.5, 0.6) is 11.5 Å². The zero-order valence-electron chi connectivity index (χ0n) is 19.0. The van der Waals surface area contributed by atoms with Crippen molar-refractivity contribution in [1.29, 1.82) is 0 Å². The second kappa shape index (κ2) is 10.2. The summed E-state index contributed by atoms with van der Waals surface area (Å²) in [6.07, 6.45) is 1.32. The van der Waals surface area contributed by atoms with Crippen LogP contribution in [0.1, 0.15) is 37.8 Å². The van der Waals surface area contributed by atoms with Crippen molar-refractivity contribution in [1.82, 2.24) is 4.72 Å². The van der Waals surface area contributed by atoms with Gasteiger partial charge >= 0.3 is 0 Å². The molecule has 2 aromatic rings. The SMILES string of the molecule is CNS(=O)(=O)c1cc(NC(=O)C(C)(C)CCCOc2cc(C)ccc2C)ccc1OC. The molecular weight excluding hydrogens is 416 g/mol. The third-order valence-electron chi connectivity index (χ3n) is 5.14. The molecule has 0 aliphatic heterocycles. The highest BCUT2D eigenvalue weighted by molar-refractivity contribution is 7.89. The highest BCUT2D eigenvalue weighted by atomic mass is 32.2. The lowest BCUT2D eigenvalue weighted by Crippen LogP contribution is -2.31. The summed E-state index contributed by atoms with van der Waals surface area (Å²) in [6, 6.07) is 10.6. The van der Waals surface area contributed by atoms with Crippen LogP contribution in [0.15, 0.2) is 41.3 Å². The molecule has 0 aliphatic rings. The molecule has 31 heavy (non-hydrogen) atoms. The number of amides is 1. The molecule has 170 valence electrons. The lowest BCUT2D eigenvalue weighted by Gasteiger charge is -2.24. The lowest BCUT2D eigenvalue weighted by molar-refractivity contribution is -0.124. The molecule has 1 amide bonds. The zero-order valence-corrected chi connectivity index (χ0v) is 19.9. The molecule has 0 radical (unpaired) electrons. The van der Waals surface area contributed by atoms with Crippen molar-refractivity contribution < 1.29 is 22.7 Å². The number of sulfonamides is 1. The Hall–Kier alpha value is -2.58. The molecule has 0 unspecified atom stereocenters. The molecule has 0 aliphatic carbocycles. The number of aryl methyl sites for hydroxylation is 2. The molecule has 0 atom stereocenters. The van der Waals surface area contributed by atoms with Crippen LogP contribution in [0, 0.1) is 19.3 Å². The van der Waals surface area contributed by atoms with E-state index in [4.69, 9.17) is 9.47 Å². The van der Waals surface area contributed by atoms with E-state index in [1.54, 1.807) is 6.07 Å². The summed E-state index contributed by atoms with van der Waals surface area (Å²) < 4.78 is 37.7. The first kappa shape index (κ1) is 24.7. The van der Waals surface area contributed by atoms with E-state index in [0.717, 1.165) is 16.9 Å². The highest BCUT2D eigenvalue weighted by Gasteiger charge is 2.28. The molecule has 0 saturated carbocycles. The predicted octanol–water partition coefficient (Wildman–Crippen LogP) is 4.04. The van der Waals surface area contributed by atoms with Crippen molar-refractivity contribution in [3.63, 3.8) is 0 Å². The molecule has 0 aromatic heterocycles. The summed E-state index contributed by atoms with van der Waals surface area (Å²) in [7, 11) is -1.01. The Kier molecular flexibility index (Phi) is 8.08. The van der Waals surface area contributed by atoms with Gasteiger partial charge in [-0.15, -0.1) is 0 Å². The average molecular weight is 449 g/mol. The van der Waals surface area contributed by atoms with Gasteiger partial charge in [0.2, 0.25) is 15.9 Å². The monoisotopic (exact) mass is 448 g/mol. The van der Waals surface area contributed by atoms with Gasteiger partial charge in [-0.1, -0.05) is 26.0 Å². The molecular formula is C23H32N2O5S. The fourth-order valence-corrected chi connectivity index (χ4v) is 3.97. The number of carbonyl (C=O) groups is 1. The van der Waals surface area contributed by atoms with Gasteiger partial charge < -0.3 is 14.8 Å². The van der Waals surface area contributed by atoms with Gasteiger partial charge in [0.05, 0.1) is 13.7 Å². The number of hydrogen-bond acceptors (Lipinski definition) is 5. The first-order valence-corrected chi connectivity index (χ1v) is 11.6. The number of carbonyl (C=O) groups excluding carboxylic acids is 1. The summed E-state index contributed by atoms with van der Waals surface area (Å²) in [5, 5.41) is 2.82. The van der Waals surface area contributed by atoms with Crippen molar-refractivity contribution in [3.8, 4) is 11.5 Å². The Labute approximate surface area is 185 Å². The fraction of sp³-hybridized carbons (Fsp3) is 0.435. The van der Waals surface area contributed by atoms with Gasteiger partial charge in [0.1, 0.15) is 16.4 Å². The van der Waals surface area contributed by atoms with Gasteiger partial charge in [-0.05, 0) is 69.1 Å². The second-order valence-corrected chi connectivity index (χ2v) is 9.99. The van der Waals surface area contributed by atoms with Gasteiger partial charge in [0.15, 0.2) is 0 Å². The third-order valence-corrected chi connectivity index (χ3v) is 6.58. The molecule has 7 nitrogen and oxygen atoms in total. The summed E-state index contributed by atoms with van der Waals surface area (Å²) in [5.74, 6) is 0.867. The van der Waals surface area contributed by atoms with Crippen LogP contribution in [0.3, 0.4) is 0 Å². The van der Waals surface area contributed by atoms with E-state index in [1.165, 1.54) is 26.3 Å². The molecule has 0 fully saturated rings. The van der Waals surface area contributed by atoms with Crippen LogP contribution in [0.4, 0.5) is 5.69 Å². The van der Waals surface area contributed by atoms with E-state index in [-0.39, 0.29) is 16.6 Å². The maximum Gasteiger partial charge on any atom is 0.244 e. The van der Waals surface area contributed by atoms with Crippen molar-refractivity contribution in [3.05, 3.63) is 47.5 Å². The number of nitrogens with one attached hydrogen (secondary N) is 2. The minimum Gasteiger partial charge on any atom is -0.495 e. The summed E-state index contributed by atoms with van der Waals surface area (Å²) >= 11 is 0. The number of benzene rings is 2. The van der Waals surface area contributed by atoms with Crippen molar-refractivity contribution in [2.45, 2.75) is 45.4 Å². The van der Waals surface area contributed by atoms with E-state index < -0.39 is 15.4 Å². The summed E-state index contributed by atoms with van der Waals surface area (Å²) in [4.78, 5) is 12.8. The molecule has 2 rings (SSSR count). The maximum atomic E-state index is 12.8. The number of rotatable bonds is 10. The summed E-state index contributed by atoms with van der Waals surface area (Å²) in [6.45, 7) is 8.24. The number of ether oxygens (including phenoxy) is 2. The quantitative estimate of drug-likeness (QED) is 0.535. The van der Waals surface area contributed by atoms with Gasteiger partial charge in [0.25, 0.3) is 0 Å². The molecule has 2 N–H and O–H groups in total. The molecule has 0 bridgehead atoms. The van der Waals surface area contributed by atoms with Crippen LogP contribution in [0.2, 0.25) is 0 Å². The van der Waals surface area contributed by atoms with Crippen molar-refractivity contribution in [2.75, 3.05) is 26.1 Å². The van der Waals surface area contributed by atoms with Gasteiger partial charge in [-0.25, -0.2) is 13.1 Å². The number of anilines is 1. The van der Waals surface area contributed by atoms with Crippen LogP contribution < -0.4 is 19.5 Å². The van der Waals surface area contributed by atoms with E-state index in [1.807, 2.05) is 45.9 Å². The van der Waals surface area contributed by atoms with Crippen LogP contribution in [-0.4, -0.2) is 35.1 Å². The van der Waals surface area contributed by atoms with Gasteiger partial charge in [-0.3, -0.25) is 4.79 Å². The Morgan fingerprint density at radius 1 is 1.06 bits per heavy atom. The van der Waals surface area contributed by atoms with Crippen LogP contribution in [-0.2, 0) is 14.8 Å². The van der Waals surface area contributed by atoms with Gasteiger partial charge in [-0.2, -0.15) is 0 Å². The topological polar surface area (TPSA) is 93.7 Å². The minimum atomic E-state index is -3.73. The number of hydrogen-bond donors (Lipinski definition) is 2. The Balaban J connectivity index is 2.00. The van der Waals surface area contributed by atoms with Crippen LogP contribution >= 0.6 is 0 Å². The summed E-state index contributed by atoms with van der Waals surface area (Å²) in [5.41, 5.74) is 1.95. The first-order valence-electron chi connectivity index (χ1n) is 10.1. The molecule has 0 heterocycles. The Morgan fingerprint density at radius 3 is 2.42 bits per heavy atom. The largest absolute Gasteiger partial charge is 0.495 e. The van der Waals surface area contributed by atoms with Crippen LogP contribution in [0.25, 0.3) is 0 Å². The average Bonchev–Trinajstić information content (AvgIpc) is 2.73. The maximum absolute atomic E-state index is 12.8. The van der Waals surface area contributed by atoms with E-state index in [0.29, 0.717) is 25.1 Å². The van der Waals surface area contributed by atoms with Gasteiger partial charge in [0, 0.05) is 11.1 Å². The Bertz CT molecular complexity index is 1030. The molecule has 8 heteroatoms. The fourth-order valence-electron chi connectivity index (χ4n) is 3.05. The molecule has 0 saturated heterocycles. The second-order valence-electron chi connectivity index (χ2n) is 8.13. The first-order chi connectivity index (χ1) is 14.5. The van der Waals surface area contributed by atoms with E-state index in [9.17, 15) is 13.2 Å².